The van der Waals surface area contributed by atoms with Crippen LogP contribution in [0.4, 0.5) is 0 Å². The molecule has 2 aromatic heterocycles. The lowest BCUT2D eigenvalue weighted by Crippen LogP contribution is -2.41. The van der Waals surface area contributed by atoms with Gasteiger partial charge >= 0.3 is 0 Å². The number of carbonyl (C=O) groups is 1. The minimum atomic E-state index is -0.631. The molecule has 8 heteroatoms. The molecule has 1 aromatic carbocycles. The molecule has 0 saturated carbocycles. The SMILES string of the molecule is O=C(C(c1ccccc1)n1cnc2[nH][nH]c(=O)c2c1=S)N1CCCCC1. The Kier molecular flexibility index (Phi) is 4.42. The highest BCUT2D eigenvalue weighted by molar-refractivity contribution is 7.71. The Balaban J connectivity index is 1.87. The second-order valence-corrected chi connectivity index (χ2v) is 6.85. The van der Waals surface area contributed by atoms with Crippen LogP contribution in [0, 0.1) is 4.64 Å². The Hall–Kier alpha value is -2.74. The van der Waals surface area contributed by atoms with Crippen LogP contribution < -0.4 is 5.56 Å². The number of hydrogen-bond donors (Lipinski definition) is 2. The minimum absolute atomic E-state index is 0.0138. The molecule has 26 heavy (non-hydrogen) atoms. The predicted molar refractivity (Wildman–Crippen MR) is 101 cm³/mol. The number of fused-ring (bicyclic) bond motifs is 1. The van der Waals surface area contributed by atoms with E-state index in [1.165, 1.54) is 6.33 Å². The fraction of sp³-hybridized carbons (Fsp3) is 0.333. The van der Waals surface area contributed by atoms with Crippen LogP contribution in [0.25, 0.3) is 11.0 Å². The normalized spacial score (nSPS) is 15.9. The molecule has 7 nitrogen and oxygen atoms in total. The number of benzene rings is 1. The number of piperidine rings is 1. The number of hydrogen-bond acceptors (Lipinski definition) is 4. The molecule has 1 saturated heterocycles. The summed E-state index contributed by atoms with van der Waals surface area (Å²) in [6.45, 7) is 1.49. The van der Waals surface area contributed by atoms with E-state index in [0.29, 0.717) is 15.7 Å². The number of aromatic nitrogens is 4. The smallest absolute Gasteiger partial charge is 0.276 e. The molecule has 2 N–H and O–H groups in total. The second kappa shape index (κ2) is 6.87. The van der Waals surface area contributed by atoms with Crippen LogP contribution in [0.1, 0.15) is 30.9 Å². The summed E-state index contributed by atoms with van der Waals surface area (Å²) in [6, 6.07) is 8.87. The third-order valence-corrected chi connectivity index (χ3v) is 5.23. The first-order chi connectivity index (χ1) is 12.7. The van der Waals surface area contributed by atoms with Gasteiger partial charge in [-0.2, -0.15) is 0 Å². The van der Waals surface area contributed by atoms with E-state index in [4.69, 9.17) is 12.2 Å². The summed E-state index contributed by atoms with van der Waals surface area (Å²) < 4.78 is 1.93. The van der Waals surface area contributed by atoms with E-state index < -0.39 is 6.04 Å². The number of carbonyl (C=O) groups excluding carboxylic acids is 1. The predicted octanol–water partition coefficient (Wildman–Crippen LogP) is 2.38. The average Bonchev–Trinajstić information content (AvgIpc) is 3.07. The maximum absolute atomic E-state index is 13.3. The monoisotopic (exact) mass is 369 g/mol. The molecule has 1 unspecified atom stereocenters. The lowest BCUT2D eigenvalue weighted by Gasteiger charge is -2.31. The van der Waals surface area contributed by atoms with Crippen LogP contribution in [0.2, 0.25) is 0 Å². The van der Waals surface area contributed by atoms with Crippen molar-refractivity contribution in [3.8, 4) is 0 Å². The molecule has 0 aliphatic carbocycles. The molecule has 4 rings (SSSR count). The van der Waals surface area contributed by atoms with Gasteiger partial charge in [0, 0.05) is 13.1 Å². The number of likely N-dealkylation sites (tertiary alicyclic amines) is 1. The first kappa shape index (κ1) is 16.7. The van der Waals surface area contributed by atoms with Crippen molar-refractivity contribution in [1.82, 2.24) is 24.6 Å². The molecule has 3 heterocycles. The molecule has 1 atom stereocenters. The van der Waals surface area contributed by atoms with Gasteiger partial charge in [0.25, 0.3) is 5.56 Å². The molecule has 1 aliphatic heterocycles. The minimum Gasteiger partial charge on any atom is -0.341 e. The van der Waals surface area contributed by atoms with E-state index in [9.17, 15) is 9.59 Å². The van der Waals surface area contributed by atoms with Gasteiger partial charge < -0.3 is 9.47 Å². The Morgan fingerprint density at radius 1 is 1.12 bits per heavy atom. The Morgan fingerprint density at radius 2 is 1.85 bits per heavy atom. The third-order valence-electron chi connectivity index (χ3n) is 4.81. The highest BCUT2D eigenvalue weighted by atomic mass is 32.1. The number of aromatic amines is 2. The van der Waals surface area contributed by atoms with Crippen LogP contribution in [0.5, 0.6) is 0 Å². The first-order valence-electron chi connectivity index (χ1n) is 8.68. The third kappa shape index (κ3) is 2.86. The van der Waals surface area contributed by atoms with Crippen molar-refractivity contribution < 1.29 is 4.79 Å². The summed E-state index contributed by atoms with van der Waals surface area (Å²) in [5, 5.41) is 5.50. The number of amides is 1. The highest BCUT2D eigenvalue weighted by Crippen LogP contribution is 2.24. The van der Waals surface area contributed by atoms with Gasteiger partial charge in [-0.05, 0) is 24.8 Å². The molecule has 3 aromatic rings. The number of nitrogens with zero attached hydrogens (tertiary/aromatic N) is 3. The number of nitrogens with one attached hydrogen (secondary N) is 2. The van der Waals surface area contributed by atoms with Crippen molar-refractivity contribution in [1.29, 1.82) is 0 Å². The quantitative estimate of drug-likeness (QED) is 0.694. The Labute approximate surface area is 154 Å². The maximum atomic E-state index is 13.3. The van der Waals surface area contributed by atoms with E-state index in [1.807, 2.05) is 35.2 Å². The molecular formula is C18H19N5O2S. The highest BCUT2D eigenvalue weighted by Gasteiger charge is 2.29. The van der Waals surface area contributed by atoms with E-state index in [0.717, 1.165) is 37.9 Å². The van der Waals surface area contributed by atoms with E-state index in [2.05, 4.69) is 15.2 Å². The van der Waals surface area contributed by atoms with Gasteiger partial charge in [-0.25, -0.2) is 4.98 Å². The summed E-state index contributed by atoms with van der Waals surface area (Å²) in [5.74, 6) is -0.0138. The van der Waals surface area contributed by atoms with Gasteiger partial charge in [0.05, 0.1) is 6.33 Å². The summed E-state index contributed by atoms with van der Waals surface area (Å²) in [4.78, 5) is 31.6. The zero-order chi connectivity index (χ0) is 18.1. The molecular weight excluding hydrogens is 350 g/mol. The summed E-state index contributed by atoms with van der Waals surface area (Å²) in [5.41, 5.74) is 0.893. The van der Waals surface area contributed by atoms with Gasteiger partial charge in [0.2, 0.25) is 5.91 Å². The zero-order valence-electron chi connectivity index (χ0n) is 14.1. The topological polar surface area (TPSA) is 86.8 Å². The second-order valence-electron chi connectivity index (χ2n) is 6.46. The maximum Gasteiger partial charge on any atom is 0.276 e. The fourth-order valence-corrected chi connectivity index (χ4v) is 3.82. The molecule has 1 amide bonds. The van der Waals surface area contributed by atoms with Crippen molar-refractivity contribution >= 4 is 29.2 Å². The Bertz CT molecular complexity index is 1050. The van der Waals surface area contributed by atoms with E-state index in [1.54, 1.807) is 4.57 Å². The molecule has 0 bridgehead atoms. The van der Waals surface area contributed by atoms with Crippen LogP contribution in [-0.2, 0) is 4.79 Å². The lowest BCUT2D eigenvalue weighted by molar-refractivity contribution is -0.134. The molecule has 1 aliphatic rings. The van der Waals surface area contributed by atoms with Gasteiger partial charge in [-0.3, -0.25) is 19.8 Å². The standard InChI is InChI=1S/C18H19N5O2S/c24-16-13-15(20-21-16)19-11-23(18(13)26)14(12-7-3-1-4-8-12)17(25)22-9-5-2-6-10-22/h1,3-4,7-8,11,14H,2,5-6,9-10H2,(H2,20,21,24). The van der Waals surface area contributed by atoms with Gasteiger partial charge in [-0.1, -0.05) is 42.5 Å². The summed E-state index contributed by atoms with van der Waals surface area (Å²) in [6.07, 6.45) is 4.69. The fourth-order valence-electron chi connectivity index (χ4n) is 3.47. The van der Waals surface area contributed by atoms with Crippen LogP contribution >= 0.6 is 12.2 Å². The van der Waals surface area contributed by atoms with Crippen molar-refractivity contribution in [3.63, 3.8) is 0 Å². The van der Waals surface area contributed by atoms with Crippen molar-refractivity contribution in [2.45, 2.75) is 25.3 Å². The van der Waals surface area contributed by atoms with E-state index in [-0.39, 0.29) is 11.5 Å². The molecule has 0 radical (unpaired) electrons. The van der Waals surface area contributed by atoms with Crippen molar-refractivity contribution in [2.24, 2.45) is 0 Å². The number of rotatable bonds is 3. The first-order valence-corrected chi connectivity index (χ1v) is 9.09. The van der Waals surface area contributed by atoms with Gasteiger partial charge in [-0.15, -0.1) is 0 Å². The van der Waals surface area contributed by atoms with Crippen LogP contribution in [0.15, 0.2) is 41.5 Å². The number of H-pyrrole nitrogens is 2. The largest absolute Gasteiger partial charge is 0.341 e. The average molecular weight is 369 g/mol. The molecule has 134 valence electrons. The van der Waals surface area contributed by atoms with E-state index >= 15 is 0 Å². The Morgan fingerprint density at radius 3 is 2.58 bits per heavy atom. The van der Waals surface area contributed by atoms with Crippen molar-refractivity contribution in [2.75, 3.05) is 13.1 Å². The van der Waals surface area contributed by atoms with Crippen LogP contribution in [-0.4, -0.2) is 43.6 Å². The summed E-state index contributed by atoms with van der Waals surface area (Å²) in [7, 11) is 0. The van der Waals surface area contributed by atoms with Crippen LogP contribution in [0.3, 0.4) is 0 Å². The lowest BCUT2D eigenvalue weighted by atomic mass is 10.0. The summed E-state index contributed by atoms with van der Waals surface area (Å²) >= 11 is 5.54. The molecule has 0 spiro atoms. The molecule has 1 fully saturated rings. The van der Waals surface area contributed by atoms with Gasteiger partial charge in [0.15, 0.2) is 5.65 Å². The van der Waals surface area contributed by atoms with Crippen molar-refractivity contribution in [3.05, 3.63) is 57.2 Å². The zero-order valence-corrected chi connectivity index (χ0v) is 15.0. The van der Waals surface area contributed by atoms with Gasteiger partial charge in [0.1, 0.15) is 16.1 Å².